The first kappa shape index (κ1) is 10.5. The van der Waals surface area contributed by atoms with Gasteiger partial charge in [-0.25, -0.2) is 0 Å². The summed E-state index contributed by atoms with van der Waals surface area (Å²) in [6, 6.07) is 6.16. The maximum atomic E-state index is 5.80. The van der Waals surface area contributed by atoms with Gasteiger partial charge in [0.1, 0.15) is 0 Å². The fourth-order valence-corrected chi connectivity index (χ4v) is 1.69. The Bertz CT molecular complexity index is 495. The molecule has 0 aliphatic carbocycles. The average Bonchev–Trinajstić information content (AvgIpc) is 2.58. The fraction of sp³-hybridized carbons (Fsp3) is 0.273. The van der Waals surface area contributed by atoms with Crippen molar-refractivity contribution in [3.8, 4) is 5.69 Å². The molecular weight excluding hydrogens is 202 g/mol. The number of rotatable bonds is 2. The van der Waals surface area contributed by atoms with E-state index in [0.29, 0.717) is 11.9 Å². The van der Waals surface area contributed by atoms with Gasteiger partial charge in [-0.2, -0.15) is 9.67 Å². The Labute approximate surface area is 94.3 Å². The monoisotopic (exact) mass is 217 g/mol. The minimum absolute atomic E-state index is 0.384. The van der Waals surface area contributed by atoms with E-state index in [0.717, 1.165) is 5.69 Å². The van der Waals surface area contributed by atoms with Crippen LogP contribution >= 0.6 is 0 Å². The van der Waals surface area contributed by atoms with Crippen molar-refractivity contribution >= 4 is 11.9 Å². The summed E-state index contributed by atoms with van der Waals surface area (Å²) in [4.78, 5) is 4.08. The molecule has 3 N–H and O–H groups in total. The first-order valence-electron chi connectivity index (χ1n) is 5.09. The van der Waals surface area contributed by atoms with Crippen molar-refractivity contribution in [3.05, 3.63) is 29.3 Å². The Morgan fingerprint density at radius 3 is 2.31 bits per heavy atom. The lowest BCUT2D eigenvalue weighted by Gasteiger charge is -2.05. The van der Waals surface area contributed by atoms with Gasteiger partial charge in [0, 0.05) is 7.05 Å². The second-order valence-corrected chi connectivity index (χ2v) is 3.80. The molecule has 1 aromatic carbocycles. The number of hydrogen-bond acceptors (Lipinski definition) is 4. The van der Waals surface area contributed by atoms with Crippen LogP contribution in [0.5, 0.6) is 0 Å². The Morgan fingerprint density at radius 2 is 1.81 bits per heavy atom. The zero-order chi connectivity index (χ0) is 11.7. The van der Waals surface area contributed by atoms with Crippen molar-refractivity contribution in [2.75, 3.05) is 18.1 Å². The van der Waals surface area contributed by atoms with Crippen LogP contribution in [-0.2, 0) is 0 Å². The van der Waals surface area contributed by atoms with Crippen LogP contribution in [0, 0.1) is 13.8 Å². The van der Waals surface area contributed by atoms with E-state index in [2.05, 4.69) is 21.5 Å². The van der Waals surface area contributed by atoms with Crippen LogP contribution in [0.1, 0.15) is 11.1 Å². The second-order valence-electron chi connectivity index (χ2n) is 3.80. The first-order chi connectivity index (χ1) is 7.60. The van der Waals surface area contributed by atoms with Gasteiger partial charge in [0.25, 0.3) is 0 Å². The third-order valence-corrected chi connectivity index (χ3v) is 2.31. The van der Waals surface area contributed by atoms with Gasteiger partial charge in [0.2, 0.25) is 11.9 Å². The standard InChI is InChI=1S/C11H15N5/c1-7-4-8(2)6-9(5-7)16-10(12)14-11(13-3)15-16/h4-6H,1-3H3,(H3,12,13,14,15). The average molecular weight is 217 g/mol. The summed E-state index contributed by atoms with van der Waals surface area (Å²) in [6.45, 7) is 4.09. The molecule has 0 amide bonds. The Balaban J connectivity index is 2.53. The quantitative estimate of drug-likeness (QED) is 0.800. The van der Waals surface area contributed by atoms with Gasteiger partial charge in [0.15, 0.2) is 0 Å². The van der Waals surface area contributed by atoms with E-state index in [1.165, 1.54) is 11.1 Å². The van der Waals surface area contributed by atoms with Crippen LogP contribution in [0.15, 0.2) is 18.2 Å². The fourth-order valence-electron chi connectivity index (χ4n) is 1.69. The van der Waals surface area contributed by atoms with Crippen molar-refractivity contribution in [1.82, 2.24) is 14.8 Å². The number of nitrogen functional groups attached to an aromatic ring is 1. The largest absolute Gasteiger partial charge is 0.368 e. The van der Waals surface area contributed by atoms with Crippen LogP contribution in [0.2, 0.25) is 0 Å². The lowest BCUT2D eigenvalue weighted by atomic mass is 10.1. The highest BCUT2D eigenvalue weighted by Gasteiger charge is 2.07. The normalized spacial score (nSPS) is 10.4. The van der Waals surface area contributed by atoms with Crippen LogP contribution in [-0.4, -0.2) is 21.8 Å². The molecule has 0 aliphatic rings. The molecule has 0 radical (unpaired) electrons. The maximum absolute atomic E-state index is 5.80. The molecule has 0 unspecified atom stereocenters. The van der Waals surface area contributed by atoms with Crippen LogP contribution in [0.4, 0.5) is 11.9 Å². The molecule has 0 spiro atoms. The number of nitrogens with one attached hydrogen (secondary N) is 1. The SMILES string of the molecule is CNc1nc(N)n(-c2cc(C)cc(C)c2)n1. The molecule has 0 saturated carbocycles. The zero-order valence-electron chi connectivity index (χ0n) is 9.65. The van der Waals surface area contributed by atoms with E-state index in [9.17, 15) is 0 Å². The number of aromatic nitrogens is 3. The van der Waals surface area contributed by atoms with Crippen molar-refractivity contribution in [1.29, 1.82) is 0 Å². The van der Waals surface area contributed by atoms with Gasteiger partial charge in [0.05, 0.1) is 5.69 Å². The highest BCUT2D eigenvalue weighted by atomic mass is 15.4. The molecule has 0 atom stereocenters. The summed E-state index contributed by atoms with van der Waals surface area (Å²) >= 11 is 0. The summed E-state index contributed by atoms with van der Waals surface area (Å²) in [5, 5.41) is 7.11. The summed E-state index contributed by atoms with van der Waals surface area (Å²) in [7, 11) is 1.76. The number of hydrogen-bond donors (Lipinski definition) is 2. The smallest absolute Gasteiger partial charge is 0.244 e. The van der Waals surface area contributed by atoms with Crippen LogP contribution in [0.3, 0.4) is 0 Å². The third-order valence-electron chi connectivity index (χ3n) is 2.31. The predicted molar refractivity (Wildman–Crippen MR) is 64.8 cm³/mol. The summed E-state index contributed by atoms with van der Waals surface area (Å²) in [6.07, 6.45) is 0. The number of anilines is 2. The van der Waals surface area contributed by atoms with E-state index < -0.39 is 0 Å². The van der Waals surface area contributed by atoms with Crippen molar-refractivity contribution < 1.29 is 0 Å². The molecule has 0 saturated heterocycles. The lowest BCUT2D eigenvalue weighted by molar-refractivity contribution is 0.890. The summed E-state index contributed by atoms with van der Waals surface area (Å²) in [5.41, 5.74) is 9.09. The molecular formula is C11H15N5. The molecule has 0 bridgehead atoms. The molecule has 84 valence electrons. The highest BCUT2D eigenvalue weighted by molar-refractivity contribution is 5.45. The molecule has 5 nitrogen and oxygen atoms in total. The molecule has 2 aromatic rings. The Kier molecular flexibility index (Phi) is 2.52. The van der Waals surface area contributed by atoms with E-state index in [1.54, 1.807) is 11.7 Å². The third kappa shape index (κ3) is 1.84. The van der Waals surface area contributed by atoms with Crippen molar-refractivity contribution in [2.24, 2.45) is 0 Å². The number of aryl methyl sites for hydroxylation is 2. The minimum atomic E-state index is 0.384. The van der Waals surface area contributed by atoms with Crippen molar-refractivity contribution in [3.63, 3.8) is 0 Å². The Morgan fingerprint density at radius 1 is 1.19 bits per heavy atom. The predicted octanol–water partition coefficient (Wildman–Crippen LogP) is 1.51. The molecule has 1 heterocycles. The van der Waals surface area contributed by atoms with E-state index in [1.807, 2.05) is 26.0 Å². The zero-order valence-corrected chi connectivity index (χ0v) is 9.65. The summed E-state index contributed by atoms with van der Waals surface area (Å²) < 4.78 is 1.63. The van der Waals surface area contributed by atoms with E-state index in [-0.39, 0.29) is 0 Å². The van der Waals surface area contributed by atoms with Gasteiger partial charge in [-0.05, 0) is 37.1 Å². The first-order valence-corrected chi connectivity index (χ1v) is 5.09. The maximum Gasteiger partial charge on any atom is 0.244 e. The van der Waals surface area contributed by atoms with E-state index >= 15 is 0 Å². The van der Waals surface area contributed by atoms with Crippen LogP contribution < -0.4 is 11.1 Å². The topological polar surface area (TPSA) is 68.8 Å². The number of nitrogens with two attached hydrogens (primary N) is 1. The molecule has 2 rings (SSSR count). The second kappa shape index (κ2) is 3.84. The highest BCUT2D eigenvalue weighted by Crippen LogP contribution is 2.16. The number of benzene rings is 1. The van der Waals surface area contributed by atoms with Crippen molar-refractivity contribution in [2.45, 2.75) is 13.8 Å². The van der Waals surface area contributed by atoms with Gasteiger partial charge in [-0.15, -0.1) is 5.10 Å². The van der Waals surface area contributed by atoms with Gasteiger partial charge in [-0.1, -0.05) is 6.07 Å². The van der Waals surface area contributed by atoms with E-state index in [4.69, 9.17) is 5.73 Å². The molecule has 0 fully saturated rings. The molecule has 5 heteroatoms. The number of nitrogens with zero attached hydrogens (tertiary/aromatic N) is 3. The van der Waals surface area contributed by atoms with Crippen LogP contribution in [0.25, 0.3) is 5.69 Å². The summed E-state index contributed by atoms with van der Waals surface area (Å²) in [5.74, 6) is 0.908. The van der Waals surface area contributed by atoms with Gasteiger partial charge >= 0.3 is 0 Å². The lowest BCUT2D eigenvalue weighted by Crippen LogP contribution is -2.03. The Hall–Kier alpha value is -2.04. The molecule has 16 heavy (non-hydrogen) atoms. The minimum Gasteiger partial charge on any atom is -0.368 e. The molecule has 1 aromatic heterocycles. The molecule has 0 aliphatic heterocycles. The van der Waals surface area contributed by atoms with Gasteiger partial charge in [-0.3, -0.25) is 0 Å². The van der Waals surface area contributed by atoms with Gasteiger partial charge < -0.3 is 11.1 Å².